The van der Waals surface area contributed by atoms with E-state index >= 15 is 0 Å². The van der Waals surface area contributed by atoms with Crippen LogP contribution in [0.5, 0.6) is 0 Å². The molecule has 1 nitrogen and oxygen atoms in total. The van der Waals surface area contributed by atoms with Gasteiger partial charge in [-0.1, -0.05) is 13.3 Å². The summed E-state index contributed by atoms with van der Waals surface area (Å²) in [5, 5.41) is 0. The van der Waals surface area contributed by atoms with Gasteiger partial charge in [-0.2, -0.15) is 0 Å². The summed E-state index contributed by atoms with van der Waals surface area (Å²) in [6.45, 7) is 4.67. The van der Waals surface area contributed by atoms with Gasteiger partial charge in [-0.3, -0.25) is 0 Å². The van der Waals surface area contributed by atoms with Gasteiger partial charge in [0, 0.05) is 6.04 Å². The van der Waals surface area contributed by atoms with Crippen LogP contribution in [0, 0.1) is 22.7 Å². The molecule has 0 aromatic rings. The third-order valence-electron chi connectivity index (χ3n) is 5.94. The molecule has 94 valence electrons. The predicted molar refractivity (Wildman–Crippen MR) is 70.7 cm³/mol. The molecule has 0 saturated heterocycles. The molecule has 0 spiro atoms. The van der Waals surface area contributed by atoms with Gasteiger partial charge < -0.3 is 5.73 Å². The second-order valence-electron chi connectivity index (χ2n) is 6.97. The first-order valence-electron chi connectivity index (χ1n) is 6.83. The predicted octanol–water partition coefficient (Wildman–Crippen LogP) is 3.75. The first-order valence-corrected chi connectivity index (χ1v) is 6.83. The first kappa shape index (κ1) is 12.7. The van der Waals surface area contributed by atoms with E-state index in [-0.39, 0.29) is 12.4 Å². The molecule has 0 aromatic carbocycles. The van der Waals surface area contributed by atoms with E-state index in [0.717, 1.165) is 11.8 Å². The lowest BCUT2D eigenvalue weighted by Crippen LogP contribution is -2.57. The Morgan fingerprint density at radius 1 is 1.19 bits per heavy atom. The maximum Gasteiger partial charge on any atom is 0.00674 e. The molecular formula is C14H26ClN. The van der Waals surface area contributed by atoms with Gasteiger partial charge in [0.25, 0.3) is 0 Å². The Morgan fingerprint density at radius 3 is 2.19 bits per heavy atom. The van der Waals surface area contributed by atoms with E-state index in [4.69, 9.17) is 5.73 Å². The van der Waals surface area contributed by atoms with Crippen LogP contribution in [0.4, 0.5) is 0 Å². The lowest BCUT2D eigenvalue weighted by Gasteiger charge is -2.63. The zero-order valence-corrected chi connectivity index (χ0v) is 11.5. The minimum atomic E-state index is 0. The fraction of sp³-hybridized carbons (Fsp3) is 1.00. The molecule has 4 fully saturated rings. The Balaban J connectivity index is 0.000000963. The van der Waals surface area contributed by atoms with Crippen LogP contribution >= 0.6 is 12.4 Å². The topological polar surface area (TPSA) is 26.0 Å². The second kappa shape index (κ2) is 3.88. The van der Waals surface area contributed by atoms with Crippen molar-refractivity contribution in [2.24, 2.45) is 28.4 Å². The number of halogens is 1. The van der Waals surface area contributed by atoms with Crippen LogP contribution in [-0.4, -0.2) is 6.04 Å². The minimum Gasteiger partial charge on any atom is -0.327 e. The summed E-state index contributed by atoms with van der Waals surface area (Å²) in [5.41, 5.74) is 7.55. The van der Waals surface area contributed by atoms with E-state index in [2.05, 4.69) is 13.8 Å². The Kier molecular flexibility index (Phi) is 3.08. The number of hydrogen-bond acceptors (Lipinski definition) is 1. The van der Waals surface area contributed by atoms with Crippen LogP contribution in [0.15, 0.2) is 0 Å². The third-order valence-corrected chi connectivity index (χ3v) is 5.94. The molecule has 0 amide bonds. The molecule has 0 heterocycles. The number of nitrogens with two attached hydrogens (primary N) is 1. The van der Waals surface area contributed by atoms with Crippen LogP contribution < -0.4 is 5.73 Å². The molecule has 4 bridgehead atoms. The van der Waals surface area contributed by atoms with Crippen molar-refractivity contribution in [3.05, 3.63) is 0 Å². The summed E-state index contributed by atoms with van der Waals surface area (Å²) in [6, 6.07) is 0.425. The van der Waals surface area contributed by atoms with Crippen molar-refractivity contribution in [3.8, 4) is 0 Å². The van der Waals surface area contributed by atoms with Crippen molar-refractivity contribution in [1.82, 2.24) is 0 Å². The summed E-state index contributed by atoms with van der Waals surface area (Å²) < 4.78 is 0. The van der Waals surface area contributed by atoms with Gasteiger partial charge >= 0.3 is 0 Å². The smallest absolute Gasteiger partial charge is 0.00674 e. The molecular weight excluding hydrogens is 218 g/mol. The summed E-state index contributed by atoms with van der Waals surface area (Å²) in [6.07, 6.45) is 10.3. The highest BCUT2D eigenvalue weighted by Gasteiger charge is 2.57. The Bertz CT molecular complexity index is 260. The largest absolute Gasteiger partial charge is 0.327 e. The first-order chi connectivity index (χ1) is 7.07. The van der Waals surface area contributed by atoms with Crippen molar-refractivity contribution in [2.45, 2.75) is 64.8 Å². The van der Waals surface area contributed by atoms with Gasteiger partial charge in [0.2, 0.25) is 0 Å². The quantitative estimate of drug-likeness (QED) is 0.786. The Hall–Kier alpha value is 0.250. The number of hydrogen-bond donors (Lipinski definition) is 1. The standard InChI is InChI=1S/C14H25N.ClH/c1-3-13-5-11-4-12(6-13)8-14(7-11,9-13)10(2)15;/h10-12H,3-9,15H2,1-2H3;1H. The third kappa shape index (κ3) is 1.62. The lowest BCUT2D eigenvalue weighted by molar-refractivity contribution is -0.120. The molecule has 0 radical (unpaired) electrons. The Morgan fingerprint density at radius 2 is 1.75 bits per heavy atom. The zero-order valence-electron chi connectivity index (χ0n) is 10.7. The SMILES string of the molecule is CCC12CC3CC(C1)CC(C(C)N)(C3)C2.Cl. The van der Waals surface area contributed by atoms with Crippen LogP contribution in [0.2, 0.25) is 0 Å². The fourth-order valence-electron chi connectivity index (χ4n) is 5.47. The van der Waals surface area contributed by atoms with Crippen molar-refractivity contribution >= 4 is 12.4 Å². The maximum atomic E-state index is 6.31. The monoisotopic (exact) mass is 243 g/mol. The molecule has 2 heteroatoms. The summed E-state index contributed by atoms with van der Waals surface area (Å²) >= 11 is 0. The molecule has 2 N–H and O–H groups in total. The van der Waals surface area contributed by atoms with Crippen LogP contribution in [0.25, 0.3) is 0 Å². The number of rotatable bonds is 2. The van der Waals surface area contributed by atoms with Crippen molar-refractivity contribution < 1.29 is 0 Å². The van der Waals surface area contributed by atoms with Gasteiger partial charge in [0.1, 0.15) is 0 Å². The second-order valence-corrected chi connectivity index (χ2v) is 6.97. The lowest BCUT2D eigenvalue weighted by atomic mass is 9.42. The molecule has 4 aliphatic rings. The Labute approximate surface area is 106 Å². The van der Waals surface area contributed by atoms with Crippen molar-refractivity contribution in [2.75, 3.05) is 0 Å². The molecule has 0 aromatic heterocycles. The summed E-state index contributed by atoms with van der Waals surface area (Å²) in [7, 11) is 0. The molecule has 16 heavy (non-hydrogen) atoms. The molecule has 4 aliphatic carbocycles. The van der Waals surface area contributed by atoms with E-state index in [9.17, 15) is 0 Å². The van der Waals surface area contributed by atoms with Gasteiger partial charge in [0.05, 0.1) is 0 Å². The van der Waals surface area contributed by atoms with Crippen LogP contribution in [0.3, 0.4) is 0 Å². The highest BCUT2D eigenvalue weighted by Crippen LogP contribution is 2.66. The molecule has 0 aliphatic heterocycles. The summed E-state index contributed by atoms with van der Waals surface area (Å²) in [5.74, 6) is 2.05. The molecule has 4 rings (SSSR count). The van der Waals surface area contributed by atoms with Crippen molar-refractivity contribution in [3.63, 3.8) is 0 Å². The molecule has 4 saturated carbocycles. The van der Waals surface area contributed by atoms with E-state index in [0.29, 0.717) is 16.9 Å². The van der Waals surface area contributed by atoms with E-state index in [1.807, 2.05) is 0 Å². The minimum absolute atomic E-state index is 0. The van der Waals surface area contributed by atoms with Gasteiger partial charge in [0.15, 0.2) is 0 Å². The van der Waals surface area contributed by atoms with Gasteiger partial charge in [-0.05, 0) is 68.1 Å². The highest BCUT2D eigenvalue weighted by molar-refractivity contribution is 5.85. The van der Waals surface area contributed by atoms with Crippen LogP contribution in [-0.2, 0) is 0 Å². The molecule has 3 atom stereocenters. The zero-order chi connectivity index (χ0) is 10.7. The normalized spacial score (nSPS) is 51.2. The average molecular weight is 244 g/mol. The highest BCUT2D eigenvalue weighted by atomic mass is 35.5. The fourth-order valence-corrected chi connectivity index (χ4v) is 5.47. The average Bonchev–Trinajstić information content (AvgIpc) is 2.15. The van der Waals surface area contributed by atoms with Crippen LogP contribution in [0.1, 0.15) is 58.8 Å². The van der Waals surface area contributed by atoms with Crippen molar-refractivity contribution in [1.29, 1.82) is 0 Å². The van der Waals surface area contributed by atoms with Gasteiger partial charge in [-0.25, -0.2) is 0 Å². The van der Waals surface area contributed by atoms with E-state index in [1.165, 1.54) is 44.9 Å². The van der Waals surface area contributed by atoms with Gasteiger partial charge in [-0.15, -0.1) is 12.4 Å². The summed E-state index contributed by atoms with van der Waals surface area (Å²) in [4.78, 5) is 0. The molecule has 3 unspecified atom stereocenters. The van der Waals surface area contributed by atoms with E-state index in [1.54, 1.807) is 0 Å². The maximum absolute atomic E-state index is 6.31. The van der Waals surface area contributed by atoms with E-state index < -0.39 is 0 Å².